The Morgan fingerprint density at radius 3 is 2.42 bits per heavy atom. The second-order valence-electron chi connectivity index (χ2n) is 5.29. The Bertz CT molecular complexity index is 734. The number of likely N-dealkylation sites (N-methyl/N-ethyl adjacent to an activating group) is 1. The van der Waals surface area contributed by atoms with Crippen molar-refractivity contribution in [1.82, 2.24) is 4.90 Å². The maximum atomic E-state index is 12.5. The predicted octanol–water partition coefficient (Wildman–Crippen LogP) is 4.33. The summed E-state index contributed by atoms with van der Waals surface area (Å²) >= 11 is 12.0. The van der Waals surface area contributed by atoms with Crippen LogP contribution in [0.2, 0.25) is 10.0 Å². The molecule has 0 bridgehead atoms. The normalized spacial score (nSPS) is 10.4. The first-order valence-corrected chi connectivity index (χ1v) is 8.13. The second kappa shape index (κ2) is 8.27. The first-order valence-electron chi connectivity index (χ1n) is 7.37. The topological polar surface area (TPSA) is 38.8 Å². The zero-order valence-electron chi connectivity index (χ0n) is 13.8. The third kappa shape index (κ3) is 4.34. The van der Waals surface area contributed by atoms with Gasteiger partial charge in [0.25, 0.3) is 5.91 Å². The Balaban J connectivity index is 2.06. The molecule has 4 nitrogen and oxygen atoms in total. The summed E-state index contributed by atoms with van der Waals surface area (Å²) in [4.78, 5) is 14.1. The molecule has 0 aromatic heterocycles. The maximum absolute atomic E-state index is 12.5. The van der Waals surface area contributed by atoms with E-state index in [4.69, 9.17) is 32.7 Å². The van der Waals surface area contributed by atoms with Crippen molar-refractivity contribution in [1.29, 1.82) is 0 Å². The summed E-state index contributed by atoms with van der Waals surface area (Å²) in [6.07, 6.45) is 0.681. The molecule has 128 valence electrons. The van der Waals surface area contributed by atoms with E-state index in [1.54, 1.807) is 44.4 Å². The number of halogens is 2. The third-order valence-corrected chi connectivity index (χ3v) is 4.25. The number of hydrogen-bond acceptors (Lipinski definition) is 3. The Morgan fingerprint density at radius 1 is 1.04 bits per heavy atom. The first kappa shape index (κ1) is 18.4. The second-order valence-corrected chi connectivity index (χ2v) is 6.13. The molecule has 2 aromatic carbocycles. The zero-order chi connectivity index (χ0) is 17.7. The van der Waals surface area contributed by atoms with Gasteiger partial charge in [0.2, 0.25) is 0 Å². The van der Waals surface area contributed by atoms with Crippen molar-refractivity contribution in [3.05, 3.63) is 57.6 Å². The maximum Gasteiger partial charge on any atom is 0.255 e. The number of nitrogens with zero attached hydrogens (tertiary/aromatic N) is 1. The van der Waals surface area contributed by atoms with Gasteiger partial charge >= 0.3 is 0 Å². The summed E-state index contributed by atoms with van der Waals surface area (Å²) < 4.78 is 10.5. The molecule has 0 saturated carbocycles. The lowest BCUT2D eigenvalue weighted by Gasteiger charge is -2.18. The summed E-state index contributed by atoms with van der Waals surface area (Å²) in [7, 11) is 4.93. The highest BCUT2D eigenvalue weighted by Gasteiger charge is 2.16. The van der Waals surface area contributed by atoms with Crippen LogP contribution in [0.3, 0.4) is 0 Å². The van der Waals surface area contributed by atoms with Crippen molar-refractivity contribution in [3.63, 3.8) is 0 Å². The van der Waals surface area contributed by atoms with E-state index in [0.717, 1.165) is 5.56 Å². The molecule has 0 aliphatic heterocycles. The molecule has 0 aliphatic carbocycles. The standard InChI is InChI=1S/C18H19Cl2NO3/c1-21(18(22)14-11-13(19)5-6-15(14)20)9-8-12-4-7-16(23-2)17(10-12)24-3/h4-7,10-11H,8-9H2,1-3H3. The highest BCUT2D eigenvalue weighted by atomic mass is 35.5. The van der Waals surface area contributed by atoms with E-state index in [-0.39, 0.29) is 5.91 Å². The summed E-state index contributed by atoms with van der Waals surface area (Å²) in [5.41, 5.74) is 1.45. The van der Waals surface area contributed by atoms with Crippen molar-refractivity contribution >= 4 is 29.1 Å². The summed E-state index contributed by atoms with van der Waals surface area (Å²) in [5, 5.41) is 0.874. The molecule has 24 heavy (non-hydrogen) atoms. The van der Waals surface area contributed by atoms with Crippen LogP contribution in [0, 0.1) is 0 Å². The molecule has 1 amide bonds. The van der Waals surface area contributed by atoms with Gasteiger partial charge in [-0.05, 0) is 42.3 Å². The SMILES string of the molecule is COc1ccc(CCN(C)C(=O)c2cc(Cl)ccc2Cl)cc1OC. The van der Waals surface area contributed by atoms with Crippen LogP contribution in [0.25, 0.3) is 0 Å². The molecule has 0 atom stereocenters. The van der Waals surface area contributed by atoms with Gasteiger partial charge in [0.15, 0.2) is 11.5 Å². The molecule has 0 aliphatic rings. The third-order valence-electron chi connectivity index (χ3n) is 3.69. The molecule has 0 radical (unpaired) electrons. The number of ether oxygens (including phenoxy) is 2. The fraction of sp³-hybridized carbons (Fsp3) is 0.278. The molecular formula is C18H19Cl2NO3. The summed E-state index contributed by atoms with van der Waals surface area (Å²) in [5.74, 6) is 1.18. The van der Waals surface area contributed by atoms with Crippen molar-refractivity contribution in [3.8, 4) is 11.5 Å². The first-order chi connectivity index (χ1) is 11.5. The minimum Gasteiger partial charge on any atom is -0.493 e. The molecule has 6 heteroatoms. The van der Waals surface area contributed by atoms with E-state index in [0.29, 0.717) is 40.1 Å². The van der Waals surface area contributed by atoms with E-state index < -0.39 is 0 Å². The monoisotopic (exact) mass is 367 g/mol. The van der Waals surface area contributed by atoms with E-state index >= 15 is 0 Å². The van der Waals surface area contributed by atoms with Crippen LogP contribution in [0.5, 0.6) is 11.5 Å². The van der Waals surface area contributed by atoms with Crippen LogP contribution >= 0.6 is 23.2 Å². The van der Waals surface area contributed by atoms with Crippen LogP contribution in [0.4, 0.5) is 0 Å². The van der Waals surface area contributed by atoms with Crippen LogP contribution in [-0.2, 0) is 6.42 Å². The Morgan fingerprint density at radius 2 is 1.75 bits per heavy atom. The van der Waals surface area contributed by atoms with Crippen LogP contribution in [0.1, 0.15) is 15.9 Å². The lowest BCUT2D eigenvalue weighted by Crippen LogP contribution is -2.29. The molecule has 0 fully saturated rings. The number of methoxy groups -OCH3 is 2. The van der Waals surface area contributed by atoms with Gasteiger partial charge in [-0.15, -0.1) is 0 Å². The summed E-state index contributed by atoms with van der Waals surface area (Å²) in [6.45, 7) is 0.539. The summed E-state index contributed by atoms with van der Waals surface area (Å²) in [6, 6.07) is 10.6. The van der Waals surface area contributed by atoms with E-state index in [2.05, 4.69) is 0 Å². The number of rotatable bonds is 6. The van der Waals surface area contributed by atoms with E-state index in [9.17, 15) is 4.79 Å². The average molecular weight is 368 g/mol. The Hall–Kier alpha value is -1.91. The van der Waals surface area contributed by atoms with Gasteiger partial charge in [0.1, 0.15) is 0 Å². The number of hydrogen-bond donors (Lipinski definition) is 0. The van der Waals surface area contributed by atoms with Gasteiger partial charge in [-0.25, -0.2) is 0 Å². The lowest BCUT2D eigenvalue weighted by molar-refractivity contribution is 0.0797. The number of benzene rings is 2. The number of carbonyl (C=O) groups excluding carboxylic acids is 1. The van der Waals surface area contributed by atoms with Crippen LogP contribution in [-0.4, -0.2) is 38.6 Å². The van der Waals surface area contributed by atoms with Crippen molar-refractivity contribution in [2.45, 2.75) is 6.42 Å². The van der Waals surface area contributed by atoms with Crippen LogP contribution in [0.15, 0.2) is 36.4 Å². The quantitative estimate of drug-likeness (QED) is 0.762. The minimum absolute atomic E-state index is 0.164. The molecule has 0 spiro atoms. The van der Waals surface area contributed by atoms with Gasteiger partial charge in [0.05, 0.1) is 24.8 Å². The number of amides is 1. The Kier molecular flexibility index (Phi) is 6.35. The van der Waals surface area contributed by atoms with Crippen molar-refractivity contribution in [2.75, 3.05) is 27.8 Å². The van der Waals surface area contributed by atoms with Crippen molar-refractivity contribution < 1.29 is 14.3 Å². The number of carbonyl (C=O) groups is 1. The lowest BCUT2D eigenvalue weighted by atomic mass is 10.1. The fourth-order valence-corrected chi connectivity index (χ4v) is 2.67. The zero-order valence-corrected chi connectivity index (χ0v) is 15.3. The van der Waals surface area contributed by atoms with E-state index in [1.165, 1.54) is 0 Å². The van der Waals surface area contributed by atoms with Gasteiger partial charge in [0, 0.05) is 18.6 Å². The Labute approximate surface area is 151 Å². The molecule has 2 rings (SSSR count). The predicted molar refractivity (Wildman–Crippen MR) is 96.7 cm³/mol. The van der Waals surface area contributed by atoms with Gasteiger partial charge in [-0.1, -0.05) is 29.3 Å². The van der Waals surface area contributed by atoms with Crippen molar-refractivity contribution in [2.24, 2.45) is 0 Å². The smallest absolute Gasteiger partial charge is 0.255 e. The van der Waals surface area contributed by atoms with Gasteiger partial charge in [-0.2, -0.15) is 0 Å². The van der Waals surface area contributed by atoms with E-state index in [1.807, 2.05) is 18.2 Å². The molecule has 2 aromatic rings. The molecule has 0 N–H and O–H groups in total. The largest absolute Gasteiger partial charge is 0.493 e. The van der Waals surface area contributed by atoms with Gasteiger partial charge in [-0.3, -0.25) is 4.79 Å². The molecule has 0 heterocycles. The molecule has 0 unspecified atom stereocenters. The minimum atomic E-state index is -0.164. The average Bonchev–Trinajstić information content (AvgIpc) is 2.60. The highest BCUT2D eigenvalue weighted by molar-refractivity contribution is 6.35. The fourth-order valence-electron chi connectivity index (χ4n) is 2.30. The molecule has 0 saturated heterocycles. The van der Waals surface area contributed by atoms with Crippen LogP contribution < -0.4 is 9.47 Å². The van der Waals surface area contributed by atoms with Gasteiger partial charge < -0.3 is 14.4 Å². The highest BCUT2D eigenvalue weighted by Crippen LogP contribution is 2.28. The molecular weight excluding hydrogens is 349 g/mol.